The summed E-state index contributed by atoms with van der Waals surface area (Å²) < 4.78 is 0. The lowest BCUT2D eigenvalue weighted by atomic mass is 10.1. The lowest BCUT2D eigenvalue weighted by Gasteiger charge is -2.10. The Morgan fingerprint density at radius 2 is 1.82 bits per heavy atom. The van der Waals surface area contributed by atoms with E-state index >= 15 is 0 Å². The molecule has 0 unspecified atom stereocenters. The number of para-hydroxylation sites is 2. The standard InChI is InChI=1S/C21H16N4O3/c1-13-6-7-15(20-22-17-4-2-3-5-18(17)23-20)12-19(13)24-21(26)14-8-10-16(11-9-14)25(27)28/h2-12H,1H3,(H,22,23)(H,24,26). The van der Waals surface area contributed by atoms with E-state index in [0.717, 1.165) is 22.2 Å². The Bertz CT molecular complexity index is 1160. The van der Waals surface area contributed by atoms with Crippen molar-refractivity contribution in [2.24, 2.45) is 0 Å². The summed E-state index contributed by atoms with van der Waals surface area (Å²) in [5.41, 5.74) is 4.50. The summed E-state index contributed by atoms with van der Waals surface area (Å²) in [6.07, 6.45) is 0. The number of benzene rings is 3. The number of nitrogens with one attached hydrogen (secondary N) is 2. The van der Waals surface area contributed by atoms with Gasteiger partial charge in [-0.25, -0.2) is 4.98 Å². The third-order valence-electron chi connectivity index (χ3n) is 4.49. The molecule has 0 radical (unpaired) electrons. The summed E-state index contributed by atoms with van der Waals surface area (Å²) in [4.78, 5) is 30.6. The van der Waals surface area contributed by atoms with Crippen molar-refractivity contribution < 1.29 is 9.72 Å². The molecule has 1 amide bonds. The zero-order valence-electron chi connectivity index (χ0n) is 15.0. The number of fused-ring (bicyclic) bond motifs is 1. The van der Waals surface area contributed by atoms with E-state index in [1.165, 1.54) is 24.3 Å². The summed E-state index contributed by atoms with van der Waals surface area (Å²) in [6.45, 7) is 1.90. The molecule has 7 nitrogen and oxygen atoms in total. The number of aryl methyl sites for hydroxylation is 1. The number of rotatable bonds is 4. The van der Waals surface area contributed by atoms with Gasteiger partial charge in [-0.15, -0.1) is 0 Å². The topological polar surface area (TPSA) is 101 Å². The van der Waals surface area contributed by atoms with Gasteiger partial charge in [-0.3, -0.25) is 14.9 Å². The van der Waals surface area contributed by atoms with Crippen LogP contribution >= 0.6 is 0 Å². The molecule has 0 fully saturated rings. The van der Waals surface area contributed by atoms with Crippen LogP contribution in [0.1, 0.15) is 15.9 Å². The molecule has 0 aliphatic carbocycles. The van der Waals surface area contributed by atoms with Crippen LogP contribution in [0.15, 0.2) is 66.7 Å². The number of nitro benzene ring substituents is 1. The zero-order valence-corrected chi connectivity index (χ0v) is 15.0. The van der Waals surface area contributed by atoms with Crippen LogP contribution in [0.5, 0.6) is 0 Å². The molecule has 0 bridgehead atoms. The third kappa shape index (κ3) is 3.33. The van der Waals surface area contributed by atoms with E-state index < -0.39 is 4.92 Å². The Morgan fingerprint density at radius 3 is 2.54 bits per heavy atom. The van der Waals surface area contributed by atoms with Crippen LogP contribution in [0.3, 0.4) is 0 Å². The van der Waals surface area contributed by atoms with Crippen LogP contribution in [0, 0.1) is 17.0 Å². The predicted molar refractivity (Wildman–Crippen MR) is 107 cm³/mol. The van der Waals surface area contributed by atoms with Gasteiger partial charge < -0.3 is 10.3 Å². The molecule has 2 N–H and O–H groups in total. The van der Waals surface area contributed by atoms with E-state index in [4.69, 9.17) is 0 Å². The number of aromatic nitrogens is 2. The van der Waals surface area contributed by atoms with Gasteiger partial charge in [0.05, 0.1) is 16.0 Å². The highest BCUT2D eigenvalue weighted by Gasteiger charge is 2.12. The molecule has 3 aromatic carbocycles. The van der Waals surface area contributed by atoms with E-state index in [9.17, 15) is 14.9 Å². The minimum atomic E-state index is -0.497. The maximum absolute atomic E-state index is 12.5. The van der Waals surface area contributed by atoms with Crippen molar-refractivity contribution in [2.75, 3.05) is 5.32 Å². The van der Waals surface area contributed by atoms with E-state index in [2.05, 4.69) is 15.3 Å². The maximum Gasteiger partial charge on any atom is 0.269 e. The average Bonchev–Trinajstić information content (AvgIpc) is 3.14. The predicted octanol–water partition coefficient (Wildman–Crippen LogP) is 4.70. The number of aromatic amines is 1. The fourth-order valence-corrected chi connectivity index (χ4v) is 2.92. The number of anilines is 1. The van der Waals surface area contributed by atoms with Crippen molar-refractivity contribution in [2.45, 2.75) is 6.92 Å². The fourth-order valence-electron chi connectivity index (χ4n) is 2.92. The molecule has 4 rings (SSSR count). The van der Waals surface area contributed by atoms with E-state index in [1.54, 1.807) is 0 Å². The number of carbonyl (C=O) groups excluding carboxylic acids is 1. The van der Waals surface area contributed by atoms with Crippen LogP contribution in [0.2, 0.25) is 0 Å². The number of H-pyrrole nitrogens is 1. The van der Waals surface area contributed by atoms with Crippen molar-refractivity contribution in [3.05, 3.63) is 88.0 Å². The largest absolute Gasteiger partial charge is 0.338 e. The second kappa shape index (κ2) is 6.96. The first-order valence-electron chi connectivity index (χ1n) is 8.63. The first kappa shape index (κ1) is 17.4. The fraction of sp³-hybridized carbons (Fsp3) is 0.0476. The molecule has 0 aliphatic rings. The molecule has 0 saturated heterocycles. The van der Waals surface area contributed by atoms with Gasteiger partial charge in [0.25, 0.3) is 11.6 Å². The number of carbonyl (C=O) groups is 1. The summed E-state index contributed by atoms with van der Waals surface area (Å²) in [5.74, 6) is 0.381. The monoisotopic (exact) mass is 372 g/mol. The minimum Gasteiger partial charge on any atom is -0.338 e. The van der Waals surface area contributed by atoms with E-state index in [0.29, 0.717) is 17.1 Å². The van der Waals surface area contributed by atoms with Gasteiger partial charge in [0.15, 0.2) is 0 Å². The van der Waals surface area contributed by atoms with Crippen LogP contribution in [-0.2, 0) is 0 Å². The van der Waals surface area contributed by atoms with Gasteiger partial charge in [0.1, 0.15) is 5.82 Å². The van der Waals surface area contributed by atoms with Crippen LogP contribution in [0.4, 0.5) is 11.4 Å². The molecule has 0 aliphatic heterocycles. The van der Waals surface area contributed by atoms with Crippen molar-refractivity contribution >= 4 is 28.3 Å². The van der Waals surface area contributed by atoms with Gasteiger partial charge in [0, 0.05) is 28.9 Å². The molecular weight excluding hydrogens is 356 g/mol. The normalized spacial score (nSPS) is 10.8. The van der Waals surface area contributed by atoms with Gasteiger partial charge in [-0.1, -0.05) is 24.3 Å². The molecule has 1 heterocycles. The first-order valence-corrected chi connectivity index (χ1v) is 8.63. The number of hydrogen-bond acceptors (Lipinski definition) is 4. The molecule has 0 saturated carbocycles. The molecular formula is C21H16N4O3. The molecule has 28 heavy (non-hydrogen) atoms. The zero-order chi connectivity index (χ0) is 19.7. The van der Waals surface area contributed by atoms with E-state index in [1.807, 2.05) is 49.4 Å². The number of non-ortho nitro benzene ring substituents is 1. The highest BCUT2D eigenvalue weighted by molar-refractivity contribution is 6.05. The van der Waals surface area contributed by atoms with Crippen molar-refractivity contribution in [1.29, 1.82) is 0 Å². The highest BCUT2D eigenvalue weighted by atomic mass is 16.6. The first-order chi connectivity index (χ1) is 13.5. The van der Waals surface area contributed by atoms with Gasteiger partial charge >= 0.3 is 0 Å². The Hall–Kier alpha value is -4.00. The molecule has 1 aromatic heterocycles. The molecule has 0 spiro atoms. The molecule has 4 aromatic rings. The number of nitrogens with zero attached hydrogens (tertiary/aromatic N) is 2. The highest BCUT2D eigenvalue weighted by Crippen LogP contribution is 2.26. The summed E-state index contributed by atoms with van der Waals surface area (Å²) in [7, 11) is 0. The van der Waals surface area contributed by atoms with Crippen LogP contribution < -0.4 is 5.32 Å². The Labute approximate surface area is 160 Å². The van der Waals surface area contributed by atoms with Crippen LogP contribution in [-0.4, -0.2) is 20.8 Å². The Balaban J connectivity index is 1.61. The second-order valence-electron chi connectivity index (χ2n) is 6.39. The number of imidazole rings is 1. The average molecular weight is 372 g/mol. The summed E-state index contributed by atoms with van der Waals surface area (Å²) in [6, 6.07) is 19.0. The SMILES string of the molecule is Cc1ccc(-c2nc3ccccc3[nH]2)cc1NC(=O)c1ccc([N+](=O)[O-])cc1. The second-order valence-corrected chi connectivity index (χ2v) is 6.39. The third-order valence-corrected chi connectivity index (χ3v) is 4.49. The number of amides is 1. The number of nitro groups is 1. The summed E-state index contributed by atoms with van der Waals surface area (Å²) >= 11 is 0. The summed E-state index contributed by atoms with van der Waals surface area (Å²) in [5, 5.41) is 13.6. The lowest BCUT2D eigenvalue weighted by molar-refractivity contribution is -0.384. The van der Waals surface area contributed by atoms with Crippen molar-refractivity contribution in [3.63, 3.8) is 0 Å². The molecule has 138 valence electrons. The quantitative estimate of drug-likeness (QED) is 0.400. The molecule has 0 atom stereocenters. The maximum atomic E-state index is 12.5. The van der Waals surface area contributed by atoms with Crippen LogP contribution in [0.25, 0.3) is 22.4 Å². The number of hydrogen-bond donors (Lipinski definition) is 2. The molecule has 7 heteroatoms. The Morgan fingerprint density at radius 1 is 1.07 bits per heavy atom. The minimum absolute atomic E-state index is 0.0559. The van der Waals surface area contributed by atoms with Gasteiger partial charge in [0.2, 0.25) is 0 Å². The van der Waals surface area contributed by atoms with Crippen molar-refractivity contribution in [1.82, 2.24) is 9.97 Å². The van der Waals surface area contributed by atoms with E-state index in [-0.39, 0.29) is 11.6 Å². The lowest BCUT2D eigenvalue weighted by Crippen LogP contribution is -2.12. The van der Waals surface area contributed by atoms with Crippen molar-refractivity contribution in [3.8, 4) is 11.4 Å². The van der Waals surface area contributed by atoms with Gasteiger partial charge in [-0.05, 0) is 42.8 Å². The van der Waals surface area contributed by atoms with Gasteiger partial charge in [-0.2, -0.15) is 0 Å². The Kier molecular flexibility index (Phi) is 4.33. The smallest absolute Gasteiger partial charge is 0.269 e.